The molecule has 0 fully saturated rings. The molecule has 0 aliphatic heterocycles. The summed E-state index contributed by atoms with van der Waals surface area (Å²) in [6.07, 6.45) is 0. The van der Waals surface area contributed by atoms with Crippen molar-refractivity contribution in [3.05, 3.63) is 27.1 Å². The first-order valence-electron chi connectivity index (χ1n) is 5.53. The lowest BCUT2D eigenvalue weighted by Crippen LogP contribution is -2.39. The fraction of sp³-hybridized carbons (Fsp3) is 0.417. The van der Waals surface area contributed by atoms with E-state index in [0.717, 1.165) is 14.6 Å². The molecule has 0 spiro atoms. The van der Waals surface area contributed by atoms with Crippen molar-refractivity contribution >= 4 is 43.5 Å². The maximum absolute atomic E-state index is 11.7. The van der Waals surface area contributed by atoms with Crippen molar-refractivity contribution in [3.8, 4) is 0 Å². The number of nitrogens with one attached hydrogen (secondary N) is 2. The second-order valence-corrected chi connectivity index (χ2v) is 5.54. The van der Waals surface area contributed by atoms with Gasteiger partial charge >= 0.3 is 0 Å². The Morgan fingerprint density at radius 2 is 2.17 bits per heavy atom. The number of hydrogen-bond acceptors (Lipinski definition) is 3. The Kier molecular flexibility index (Phi) is 6.67. The van der Waals surface area contributed by atoms with Gasteiger partial charge in [0, 0.05) is 28.3 Å². The highest BCUT2D eigenvalue weighted by atomic mass is 79.9. The standard InChI is InChI=1S/C12H16Br2N2O2/c1-8(12(17)15-5-6-18-2)16-11-4-3-9(13)7-10(11)14/h3-4,7-8,16H,5-6H2,1-2H3,(H,15,17). The van der Waals surface area contributed by atoms with E-state index < -0.39 is 0 Å². The number of carbonyl (C=O) groups is 1. The van der Waals surface area contributed by atoms with Gasteiger partial charge in [0.15, 0.2) is 0 Å². The van der Waals surface area contributed by atoms with E-state index in [2.05, 4.69) is 42.5 Å². The molecule has 0 radical (unpaired) electrons. The second kappa shape index (κ2) is 7.76. The number of hydrogen-bond donors (Lipinski definition) is 2. The third kappa shape index (κ3) is 4.96. The summed E-state index contributed by atoms with van der Waals surface area (Å²) in [5, 5.41) is 5.93. The molecule has 0 bridgehead atoms. The van der Waals surface area contributed by atoms with Crippen molar-refractivity contribution in [1.29, 1.82) is 0 Å². The maximum Gasteiger partial charge on any atom is 0.242 e. The van der Waals surface area contributed by atoms with Crippen LogP contribution in [-0.4, -0.2) is 32.2 Å². The molecule has 1 unspecified atom stereocenters. The van der Waals surface area contributed by atoms with Crippen molar-refractivity contribution in [2.75, 3.05) is 25.6 Å². The molecule has 100 valence electrons. The van der Waals surface area contributed by atoms with Crippen LogP contribution in [0.2, 0.25) is 0 Å². The summed E-state index contributed by atoms with van der Waals surface area (Å²) < 4.78 is 6.77. The Bertz CT molecular complexity index is 413. The van der Waals surface area contributed by atoms with Crippen LogP contribution in [0, 0.1) is 0 Å². The minimum Gasteiger partial charge on any atom is -0.383 e. The highest BCUT2D eigenvalue weighted by molar-refractivity contribution is 9.11. The van der Waals surface area contributed by atoms with Gasteiger partial charge in [-0.15, -0.1) is 0 Å². The van der Waals surface area contributed by atoms with Gasteiger partial charge in [0.05, 0.1) is 6.61 Å². The summed E-state index contributed by atoms with van der Waals surface area (Å²) in [4.78, 5) is 11.7. The first-order valence-corrected chi connectivity index (χ1v) is 7.11. The summed E-state index contributed by atoms with van der Waals surface area (Å²) in [7, 11) is 1.60. The molecule has 1 aromatic carbocycles. The normalized spacial score (nSPS) is 12.0. The summed E-state index contributed by atoms with van der Waals surface area (Å²) in [5.41, 5.74) is 0.882. The average molecular weight is 380 g/mol. The van der Waals surface area contributed by atoms with Crippen molar-refractivity contribution in [2.24, 2.45) is 0 Å². The van der Waals surface area contributed by atoms with Crippen LogP contribution >= 0.6 is 31.9 Å². The number of methoxy groups -OCH3 is 1. The summed E-state index contributed by atoms with van der Waals surface area (Å²) in [6.45, 7) is 2.85. The maximum atomic E-state index is 11.7. The van der Waals surface area contributed by atoms with Gasteiger partial charge in [-0.3, -0.25) is 4.79 Å². The Balaban J connectivity index is 2.53. The molecule has 18 heavy (non-hydrogen) atoms. The predicted octanol–water partition coefficient (Wildman–Crippen LogP) is 2.77. The Hall–Kier alpha value is -0.590. The molecule has 0 saturated heterocycles. The number of ether oxygens (including phenoxy) is 1. The third-order valence-corrected chi connectivity index (χ3v) is 3.45. The lowest BCUT2D eigenvalue weighted by molar-refractivity contribution is -0.121. The van der Waals surface area contributed by atoms with Crippen LogP contribution in [0.5, 0.6) is 0 Å². The molecule has 4 nitrogen and oxygen atoms in total. The zero-order valence-corrected chi connectivity index (χ0v) is 13.5. The molecular weight excluding hydrogens is 364 g/mol. The second-order valence-electron chi connectivity index (χ2n) is 3.77. The van der Waals surface area contributed by atoms with E-state index in [0.29, 0.717) is 13.2 Å². The summed E-state index contributed by atoms with van der Waals surface area (Å²) in [6, 6.07) is 5.45. The van der Waals surface area contributed by atoms with E-state index in [1.807, 2.05) is 25.1 Å². The van der Waals surface area contributed by atoms with Crippen LogP contribution in [0.3, 0.4) is 0 Å². The monoisotopic (exact) mass is 378 g/mol. The summed E-state index contributed by atoms with van der Waals surface area (Å²) >= 11 is 6.83. The van der Waals surface area contributed by atoms with E-state index in [9.17, 15) is 4.79 Å². The molecule has 1 rings (SSSR count). The van der Waals surface area contributed by atoms with E-state index in [-0.39, 0.29) is 11.9 Å². The molecule has 1 atom stereocenters. The van der Waals surface area contributed by atoms with E-state index in [1.54, 1.807) is 7.11 Å². The van der Waals surface area contributed by atoms with Crippen LogP contribution in [0.4, 0.5) is 5.69 Å². The van der Waals surface area contributed by atoms with Crippen molar-refractivity contribution < 1.29 is 9.53 Å². The van der Waals surface area contributed by atoms with Crippen molar-refractivity contribution in [1.82, 2.24) is 5.32 Å². The fourth-order valence-corrected chi connectivity index (χ4v) is 2.50. The van der Waals surface area contributed by atoms with Crippen LogP contribution in [0.15, 0.2) is 27.1 Å². The van der Waals surface area contributed by atoms with Gasteiger partial charge in [0.1, 0.15) is 6.04 Å². The molecule has 2 N–H and O–H groups in total. The van der Waals surface area contributed by atoms with E-state index in [4.69, 9.17) is 4.74 Å². The topological polar surface area (TPSA) is 50.4 Å². The Morgan fingerprint density at radius 3 is 2.78 bits per heavy atom. The minimum atomic E-state index is -0.306. The van der Waals surface area contributed by atoms with Crippen LogP contribution < -0.4 is 10.6 Å². The van der Waals surface area contributed by atoms with Crippen molar-refractivity contribution in [3.63, 3.8) is 0 Å². The highest BCUT2D eigenvalue weighted by Gasteiger charge is 2.13. The SMILES string of the molecule is COCCNC(=O)C(C)Nc1ccc(Br)cc1Br. The number of benzene rings is 1. The van der Waals surface area contributed by atoms with Gasteiger partial charge in [0.2, 0.25) is 5.91 Å². The smallest absolute Gasteiger partial charge is 0.242 e. The minimum absolute atomic E-state index is 0.0538. The molecule has 0 aliphatic rings. The van der Waals surface area contributed by atoms with Crippen LogP contribution in [0.1, 0.15) is 6.92 Å². The molecule has 0 saturated carbocycles. The van der Waals surface area contributed by atoms with Gasteiger partial charge in [0.25, 0.3) is 0 Å². The van der Waals surface area contributed by atoms with Crippen LogP contribution in [0.25, 0.3) is 0 Å². The zero-order valence-electron chi connectivity index (χ0n) is 10.3. The van der Waals surface area contributed by atoms with Gasteiger partial charge in [-0.1, -0.05) is 15.9 Å². The van der Waals surface area contributed by atoms with Gasteiger partial charge < -0.3 is 15.4 Å². The molecular formula is C12H16Br2N2O2. The molecule has 1 aromatic rings. The lowest BCUT2D eigenvalue weighted by Gasteiger charge is -2.16. The quantitative estimate of drug-likeness (QED) is 0.747. The van der Waals surface area contributed by atoms with E-state index >= 15 is 0 Å². The first kappa shape index (κ1) is 15.5. The molecule has 0 aliphatic carbocycles. The van der Waals surface area contributed by atoms with E-state index in [1.165, 1.54) is 0 Å². The fourth-order valence-electron chi connectivity index (χ4n) is 1.33. The highest BCUT2D eigenvalue weighted by Crippen LogP contribution is 2.26. The number of anilines is 1. The predicted molar refractivity (Wildman–Crippen MR) is 79.8 cm³/mol. The average Bonchev–Trinajstić information content (AvgIpc) is 2.32. The van der Waals surface area contributed by atoms with Gasteiger partial charge in [-0.2, -0.15) is 0 Å². The molecule has 1 amide bonds. The first-order chi connectivity index (χ1) is 8.54. The van der Waals surface area contributed by atoms with Gasteiger partial charge in [-0.25, -0.2) is 0 Å². The Labute approximate surface area is 124 Å². The van der Waals surface area contributed by atoms with Crippen molar-refractivity contribution in [2.45, 2.75) is 13.0 Å². The lowest BCUT2D eigenvalue weighted by atomic mass is 10.2. The van der Waals surface area contributed by atoms with Crippen LogP contribution in [-0.2, 0) is 9.53 Å². The number of carbonyl (C=O) groups excluding carboxylic acids is 1. The zero-order chi connectivity index (χ0) is 13.5. The third-order valence-electron chi connectivity index (χ3n) is 2.30. The molecule has 6 heteroatoms. The summed E-state index contributed by atoms with van der Waals surface area (Å²) in [5.74, 6) is -0.0538. The van der Waals surface area contributed by atoms with Gasteiger partial charge in [-0.05, 0) is 41.1 Å². The largest absolute Gasteiger partial charge is 0.383 e. The molecule has 0 heterocycles. The number of amides is 1. The number of rotatable bonds is 6. The molecule has 0 aromatic heterocycles. The Morgan fingerprint density at radius 1 is 1.44 bits per heavy atom. The number of halogens is 2.